The lowest BCUT2D eigenvalue weighted by Crippen LogP contribution is -2.22. The second kappa shape index (κ2) is 6.95. The number of nitrogens with two attached hydrogens (primary N) is 1. The maximum Gasteiger partial charge on any atom is 0.0959 e. The van der Waals surface area contributed by atoms with Gasteiger partial charge < -0.3 is 15.4 Å². The van der Waals surface area contributed by atoms with Crippen molar-refractivity contribution in [2.24, 2.45) is 5.73 Å². The first-order valence-electron chi connectivity index (χ1n) is 5.22. The SMILES string of the molecule is CN(C)CC(OCCCN)c1ccsc1. The van der Waals surface area contributed by atoms with Crippen LogP contribution in [0.1, 0.15) is 18.1 Å². The summed E-state index contributed by atoms with van der Waals surface area (Å²) in [5, 5.41) is 4.24. The summed E-state index contributed by atoms with van der Waals surface area (Å²) in [6.07, 6.45) is 1.10. The molecular formula is C11H20N2OS. The van der Waals surface area contributed by atoms with Crippen LogP contribution in [0.4, 0.5) is 0 Å². The summed E-state index contributed by atoms with van der Waals surface area (Å²) in [6, 6.07) is 2.13. The zero-order valence-electron chi connectivity index (χ0n) is 9.48. The van der Waals surface area contributed by atoms with Gasteiger partial charge in [-0.3, -0.25) is 0 Å². The van der Waals surface area contributed by atoms with Gasteiger partial charge in [0.25, 0.3) is 0 Å². The van der Waals surface area contributed by atoms with Gasteiger partial charge in [0.05, 0.1) is 6.10 Å². The Balaban J connectivity index is 2.46. The van der Waals surface area contributed by atoms with Gasteiger partial charge in [0, 0.05) is 13.2 Å². The lowest BCUT2D eigenvalue weighted by Gasteiger charge is -2.20. The fraction of sp³-hybridized carbons (Fsp3) is 0.636. The van der Waals surface area contributed by atoms with Crippen molar-refractivity contribution in [2.45, 2.75) is 12.5 Å². The van der Waals surface area contributed by atoms with Crippen LogP contribution in [0.3, 0.4) is 0 Å². The van der Waals surface area contributed by atoms with Gasteiger partial charge in [0.1, 0.15) is 0 Å². The molecule has 0 aromatic carbocycles. The van der Waals surface area contributed by atoms with E-state index < -0.39 is 0 Å². The van der Waals surface area contributed by atoms with Gasteiger partial charge in [-0.15, -0.1) is 0 Å². The third-order valence-corrected chi connectivity index (χ3v) is 2.81. The number of ether oxygens (including phenoxy) is 1. The molecule has 1 heterocycles. The molecular weight excluding hydrogens is 208 g/mol. The fourth-order valence-electron chi connectivity index (χ4n) is 1.35. The number of nitrogens with zero attached hydrogens (tertiary/aromatic N) is 1. The number of hydrogen-bond donors (Lipinski definition) is 1. The van der Waals surface area contributed by atoms with Gasteiger partial charge in [0.2, 0.25) is 0 Å². The summed E-state index contributed by atoms with van der Waals surface area (Å²) in [6.45, 7) is 2.35. The quantitative estimate of drug-likeness (QED) is 0.722. The first kappa shape index (κ1) is 12.6. The Labute approximate surface area is 95.8 Å². The monoisotopic (exact) mass is 228 g/mol. The van der Waals surface area contributed by atoms with Crippen LogP contribution in [0.5, 0.6) is 0 Å². The second-order valence-electron chi connectivity index (χ2n) is 3.82. The van der Waals surface area contributed by atoms with Crippen molar-refractivity contribution in [3.8, 4) is 0 Å². The van der Waals surface area contributed by atoms with Crippen molar-refractivity contribution in [3.05, 3.63) is 22.4 Å². The first-order valence-corrected chi connectivity index (χ1v) is 6.17. The minimum absolute atomic E-state index is 0.179. The summed E-state index contributed by atoms with van der Waals surface area (Å²) >= 11 is 1.71. The van der Waals surface area contributed by atoms with E-state index in [2.05, 4.69) is 35.8 Å². The van der Waals surface area contributed by atoms with Crippen LogP contribution in [0.2, 0.25) is 0 Å². The van der Waals surface area contributed by atoms with Gasteiger partial charge in [0.15, 0.2) is 0 Å². The molecule has 0 saturated heterocycles. The van der Waals surface area contributed by atoms with Crippen LogP contribution in [0, 0.1) is 0 Å². The average Bonchev–Trinajstić information content (AvgIpc) is 2.68. The topological polar surface area (TPSA) is 38.5 Å². The lowest BCUT2D eigenvalue weighted by atomic mass is 10.2. The molecule has 0 saturated carbocycles. The Kier molecular flexibility index (Phi) is 5.86. The lowest BCUT2D eigenvalue weighted by molar-refractivity contribution is 0.0346. The molecule has 15 heavy (non-hydrogen) atoms. The van der Waals surface area contributed by atoms with E-state index in [0.29, 0.717) is 6.54 Å². The summed E-state index contributed by atoms with van der Waals surface area (Å²) in [5.74, 6) is 0. The molecule has 0 spiro atoms. The Hall–Kier alpha value is -0.420. The molecule has 86 valence electrons. The summed E-state index contributed by atoms with van der Waals surface area (Å²) in [5.41, 5.74) is 6.72. The molecule has 1 rings (SSSR count). The molecule has 1 unspecified atom stereocenters. The van der Waals surface area contributed by atoms with Crippen molar-refractivity contribution in [3.63, 3.8) is 0 Å². The van der Waals surface area contributed by atoms with Gasteiger partial charge in [-0.2, -0.15) is 11.3 Å². The molecule has 1 atom stereocenters. The van der Waals surface area contributed by atoms with Crippen LogP contribution < -0.4 is 5.73 Å². The molecule has 0 aliphatic carbocycles. The molecule has 1 aromatic rings. The van der Waals surface area contributed by atoms with Gasteiger partial charge in [-0.1, -0.05) is 0 Å². The van der Waals surface area contributed by atoms with Crippen LogP contribution >= 0.6 is 11.3 Å². The molecule has 0 aliphatic rings. The van der Waals surface area contributed by atoms with E-state index in [4.69, 9.17) is 10.5 Å². The van der Waals surface area contributed by atoms with E-state index in [9.17, 15) is 0 Å². The molecule has 0 bridgehead atoms. The van der Waals surface area contributed by atoms with Gasteiger partial charge in [-0.25, -0.2) is 0 Å². The predicted molar refractivity (Wildman–Crippen MR) is 65.2 cm³/mol. The zero-order chi connectivity index (χ0) is 11.1. The van der Waals surface area contributed by atoms with E-state index in [1.54, 1.807) is 11.3 Å². The fourth-order valence-corrected chi connectivity index (χ4v) is 2.05. The molecule has 0 amide bonds. The number of thiophene rings is 1. The third kappa shape index (κ3) is 4.75. The standard InChI is InChI=1S/C11H20N2OS/c1-13(2)8-11(14-6-3-5-12)10-4-7-15-9-10/h4,7,9,11H,3,5-6,8,12H2,1-2H3. The highest BCUT2D eigenvalue weighted by atomic mass is 32.1. The van der Waals surface area contributed by atoms with E-state index >= 15 is 0 Å². The van der Waals surface area contributed by atoms with E-state index in [1.165, 1.54) is 5.56 Å². The highest BCUT2D eigenvalue weighted by Gasteiger charge is 2.13. The van der Waals surface area contributed by atoms with Crippen LogP contribution in [0.15, 0.2) is 16.8 Å². The van der Waals surface area contributed by atoms with Crippen LogP contribution in [-0.4, -0.2) is 38.7 Å². The van der Waals surface area contributed by atoms with Gasteiger partial charge >= 0.3 is 0 Å². The van der Waals surface area contributed by atoms with E-state index in [1.807, 2.05) is 0 Å². The second-order valence-corrected chi connectivity index (χ2v) is 4.60. The molecule has 3 nitrogen and oxygen atoms in total. The maximum absolute atomic E-state index is 5.82. The summed E-state index contributed by atoms with van der Waals surface area (Å²) in [7, 11) is 4.12. The Morgan fingerprint density at radius 3 is 2.87 bits per heavy atom. The Morgan fingerprint density at radius 1 is 1.53 bits per heavy atom. The van der Waals surface area contributed by atoms with Crippen molar-refractivity contribution in [1.82, 2.24) is 4.90 Å². The Bertz CT molecular complexity index is 249. The first-order chi connectivity index (χ1) is 7.24. The Morgan fingerprint density at radius 2 is 2.33 bits per heavy atom. The molecule has 0 fully saturated rings. The summed E-state index contributed by atoms with van der Waals surface area (Å²) in [4.78, 5) is 2.14. The molecule has 2 N–H and O–H groups in total. The summed E-state index contributed by atoms with van der Waals surface area (Å²) < 4.78 is 5.82. The van der Waals surface area contributed by atoms with Crippen LogP contribution in [0.25, 0.3) is 0 Å². The average molecular weight is 228 g/mol. The van der Waals surface area contributed by atoms with Crippen molar-refractivity contribution < 1.29 is 4.74 Å². The number of likely N-dealkylation sites (N-methyl/N-ethyl adjacent to an activating group) is 1. The molecule has 1 aromatic heterocycles. The van der Waals surface area contributed by atoms with Gasteiger partial charge in [-0.05, 0) is 49.5 Å². The van der Waals surface area contributed by atoms with Crippen molar-refractivity contribution in [1.29, 1.82) is 0 Å². The predicted octanol–water partition coefficient (Wildman–Crippen LogP) is 1.72. The largest absolute Gasteiger partial charge is 0.372 e. The number of rotatable bonds is 7. The van der Waals surface area contributed by atoms with Crippen molar-refractivity contribution >= 4 is 11.3 Å². The minimum Gasteiger partial charge on any atom is -0.372 e. The molecule has 0 aliphatic heterocycles. The molecule has 4 heteroatoms. The van der Waals surface area contributed by atoms with Crippen molar-refractivity contribution in [2.75, 3.05) is 33.8 Å². The minimum atomic E-state index is 0.179. The van der Waals surface area contributed by atoms with Crippen LogP contribution in [-0.2, 0) is 4.74 Å². The maximum atomic E-state index is 5.82. The molecule has 0 radical (unpaired) electrons. The third-order valence-electron chi connectivity index (χ3n) is 2.11. The normalized spacial score (nSPS) is 13.3. The number of hydrogen-bond acceptors (Lipinski definition) is 4. The highest BCUT2D eigenvalue weighted by Crippen LogP contribution is 2.20. The highest BCUT2D eigenvalue weighted by molar-refractivity contribution is 7.07. The zero-order valence-corrected chi connectivity index (χ0v) is 10.3. The smallest absolute Gasteiger partial charge is 0.0959 e. The van der Waals surface area contributed by atoms with E-state index in [0.717, 1.165) is 19.6 Å². The van der Waals surface area contributed by atoms with E-state index in [-0.39, 0.29) is 6.10 Å².